The summed E-state index contributed by atoms with van der Waals surface area (Å²) in [6, 6.07) is 4.11. The minimum atomic E-state index is -6.39. The number of carboxylic acids is 1. The van der Waals surface area contributed by atoms with Gasteiger partial charge in [-0.2, -0.15) is 26.3 Å². The van der Waals surface area contributed by atoms with E-state index < -0.39 is 79.3 Å². The number of aliphatic hydroxyl groups is 1. The third-order valence-corrected chi connectivity index (χ3v) is 12.5. The van der Waals surface area contributed by atoms with Crippen LogP contribution in [0.3, 0.4) is 0 Å². The minimum Gasteiger partial charge on any atom is -0.481 e. The lowest BCUT2D eigenvalue weighted by molar-refractivity contribution is -0.348. The molecular weight excluding hydrogens is 654 g/mol. The van der Waals surface area contributed by atoms with Gasteiger partial charge in [0.1, 0.15) is 16.2 Å². The molecule has 2 fully saturated rings. The molecule has 1 amide bonds. The van der Waals surface area contributed by atoms with E-state index in [2.05, 4.69) is 5.32 Å². The van der Waals surface area contributed by atoms with Crippen LogP contribution in [0.25, 0.3) is 0 Å². The van der Waals surface area contributed by atoms with Gasteiger partial charge in [-0.15, -0.1) is 0 Å². The van der Waals surface area contributed by atoms with Crippen molar-refractivity contribution in [3.63, 3.8) is 0 Å². The summed E-state index contributed by atoms with van der Waals surface area (Å²) in [4.78, 5) is 24.3. The summed E-state index contributed by atoms with van der Waals surface area (Å²) in [5.41, 5.74) is -9.88. The Morgan fingerprint density at radius 2 is 1.43 bits per heavy atom. The highest BCUT2D eigenvalue weighted by molar-refractivity contribution is 7.92. The van der Waals surface area contributed by atoms with Gasteiger partial charge in [-0.25, -0.2) is 17.2 Å². The Bertz CT molecular complexity index is 1620. The smallest absolute Gasteiger partial charge is 0.435 e. The Balaban J connectivity index is 1.58. The van der Waals surface area contributed by atoms with E-state index in [1.165, 1.54) is 0 Å². The van der Waals surface area contributed by atoms with Crippen LogP contribution >= 0.6 is 0 Å². The fraction of sp³-hybridized carbons (Fsp3) is 0.533. The number of aliphatic carboxylic acids is 1. The van der Waals surface area contributed by atoms with E-state index in [4.69, 9.17) is 0 Å². The van der Waals surface area contributed by atoms with Crippen molar-refractivity contribution in [3.05, 3.63) is 65.0 Å². The molecule has 0 heterocycles. The molecule has 0 aliphatic heterocycles. The van der Waals surface area contributed by atoms with Crippen LogP contribution in [-0.4, -0.2) is 54.5 Å². The summed E-state index contributed by atoms with van der Waals surface area (Å²) in [6.45, 7) is 0. The van der Waals surface area contributed by atoms with Gasteiger partial charge in [0.25, 0.3) is 5.91 Å². The predicted octanol–water partition coefficient (Wildman–Crippen LogP) is 5.63. The normalized spacial score (nSPS) is 28.7. The number of benzene rings is 2. The second-order valence-corrected chi connectivity index (χ2v) is 14.5. The van der Waals surface area contributed by atoms with Gasteiger partial charge in [0.15, 0.2) is 9.84 Å². The molecule has 7 nitrogen and oxygen atoms in total. The number of amides is 1. The molecule has 16 heteroatoms. The quantitative estimate of drug-likeness (QED) is 0.268. The number of carbonyl (C=O) groups excluding carboxylic acids is 1. The van der Waals surface area contributed by atoms with Crippen LogP contribution in [0.4, 0.5) is 35.1 Å². The van der Waals surface area contributed by atoms with Crippen molar-refractivity contribution in [2.75, 3.05) is 0 Å². The minimum absolute atomic E-state index is 0.0118. The summed E-state index contributed by atoms with van der Waals surface area (Å²) in [6.07, 6.45) is -13.9. The molecule has 46 heavy (non-hydrogen) atoms. The van der Waals surface area contributed by atoms with Crippen molar-refractivity contribution in [2.24, 2.45) is 11.8 Å². The van der Waals surface area contributed by atoms with E-state index in [0.29, 0.717) is 6.07 Å². The van der Waals surface area contributed by atoms with E-state index in [-0.39, 0.29) is 73.5 Å². The van der Waals surface area contributed by atoms with Gasteiger partial charge in [0, 0.05) is 17.5 Å². The van der Waals surface area contributed by atoms with Crippen LogP contribution in [0.1, 0.15) is 61.6 Å². The second-order valence-electron chi connectivity index (χ2n) is 12.3. The molecule has 2 saturated carbocycles. The van der Waals surface area contributed by atoms with E-state index in [1.807, 2.05) is 0 Å². The Morgan fingerprint density at radius 3 is 1.98 bits per heavy atom. The first-order valence-corrected chi connectivity index (χ1v) is 15.9. The van der Waals surface area contributed by atoms with Gasteiger partial charge in [0.2, 0.25) is 0 Å². The molecular formula is C30H29F8NO6S. The molecule has 2 aromatic carbocycles. The zero-order chi connectivity index (χ0) is 34.1. The van der Waals surface area contributed by atoms with E-state index >= 15 is 0 Å². The number of nitrogens with one attached hydrogen (secondary N) is 1. The van der Waals surface area contributed by atoms with Crippen LogP contribution in [0.5, 0.6) is 0 Å². The average Bonchev–Trinajstić information content (AvgIpc) is 3.36. The predicted molar refractivity (Wildman–Crippen MR) is 144 cm³/mol. The molecule has 0 saturated heterocycles. The number of halogens is 8. The van der Waals surface area contributed by atoms with Crippen molar-refractivity contribution in [3.8, 4) is 0 Å². The first kappa shape index (κ1) is 34.1. The van der Waals surface area contributed by atoms with Crippen LogP contribution in [-0.2, 0) is 36.3 Å². The molecule has 252 valence electrons. The molecule has 0 spiro atoms. The third-order valence-electron chi connectivity index (χ3n) is 9.88. The third kappa shape index (κ3) is 5.15. The number of hydrogen-bond donors (Lipinski definition) is 3. The Kier molecular flexibility index (Phi) is 8.27. The number of carbonyl (C=O) groups is 2. The molecule has 0 radical (unpaired) electrons. The highest BCUT2D eigenvalue weighted by atomic mass is 32.2. The number of rotatable bonds is 6. The number of alkyl halides is 7. The lowest BCUT2D eigenvalue weighted by atomic mass is 9.73. The first-order chi connectivity index (χ1) is 21.2. The second kappa shape index (κ2) is 11.2. The van der Waals surface area contributed by atoms with Crippen LogP contribution < -0.4 is 5.32 Å². The standard InChI is InChI=1S/C30H29F8NO6S/c31-19-3-5-20(6-4-19)46(44,45)27-14-11-23(39-25(42)26(43)12-9-16(10-13-26)24(40)41)22(27)7-1-17-15-18(2-8-21(17)27)28(32,29(33,34)35)30(36,37)38/h2-6,8,15-16,22-23,43H,1,7,9-14H2,(H,39,42)(H,40,41)/t16-,22-,23+,26+,27+/m0/s1. The van der Waals surface area contributed by atoms with Gasteiger partial charge in [-0.05, 0) is 86.8 Å². The number of carboxylic acid groups (broad SMARTS) is 1. The van der Waals surface area contributed by atoms with E-state index in [1.54, 1.807) is 0 Å². The molecule has 0 unspecified atom stereocenters. The number of aryl methyl sites for hydroxylation is 1. The van der Waals surface area contributed by atoms with Crippen molar-refractivity contribution < 1.29 is 63.3 Å². The van der Waals surface area contributed by atoms with Crippen molar-refractivity contribution in [1.29, 1.82) is 0 Å². The highest BCUT2D eigenvalue weighted by Gasteiger charge is 2.74. The Morgan fingerprint density at radius 1 is 0.848 bits per heavy atom. The summed E-state index contributed by atoms with van der Waals surface area (Å²) in [7, 11) is -4.61. The van der Waals surface area contributed by atoms with Gasteiger partial charge in [-0.1, -0.05) is 18.2 Å². The highest BCUT2D eigenvalue weighted by Crippen LogP contribution is 2.59. The topological polar surface area (TPSA) is 121 Å². The van der Waals surface area contributed by atoms with Gasteiger partial charge in [0.05, 0.1) is 10.8 Å². The fourth-order valence-corrected chi connectivity index (χ4v) is 9.90. The first-order valence-electron chi connectivity index (χ1n) is 14.4. The fourth-order valence-electron chi connectivity index (χ4n) is 7.42. The lowest BCUT2D eigenvalue weighted by Gasteiger charge is -2.43. The molecule has 3 N–H and O–H groups in total. The lowest BCUT2D eigenvalue weighted by Crippen LogP contribution is -2.55. The maximum atomic E-state index is 15.0. The summed E-state index contributed by atoms with van der Waals surface area (Å²) >= 11 is 0. The SMILES string of the molecule is O=C(O)[C@H]1CC[C@](O)(C(=O)N[C@@H]2CC[C@@]3(S(=O)(=O)c4ccc(F)cc4)c4ccc(C(F)(C(F)(F)F)C(F)(F)F)cc4CC[C@@H]23)CC1. The Labute approximate surface area is 257 Å². The van der Waals surface area contributed by atoms with Crippen LogP contribution in [0, 0.1) is 17.7 Å². The average molecular weight is 684 g/mol. The Hall–Kier alpha value is -3.27. The molecule has 3 aliphatic rings. The van der Waals surface area contributed by atoms with E-state index in [9.17, 15) is 63.3 Å². The number of sulfone groups is 1. The van der Waals surface area contributed by atoms with Crippen molar-refractivity contribution in [2.45, 2.75) is 90.7 Å². The summed E-state index contributed by atoms with van der Waals surface area (Å²) in [5, 5.41) is 23.0. The molecule has 0 bridgehead atoms. The molecule has 0 aromatic heterocycles. The maximum absolute atomic E-state index is 15.0. The monoisotopic (exact) mass is 683 g/mol. The van der Waals surface area contributed by atoms with Crippen LogP contribution in [0.2, 0.25) is 0 Å². The summed E-state index contributed by atoms with van der Waals surface area (Å²) < 4.78 is 137. The zero-order valence-electron chi connectivity index (χ0n) is 23.9. The molecule has 3 aliphatic carbocycles. The van der Waals surface area contributed by atoms with Crippen molar-refractivity contribution in [1.82, 2.24) is 5.32 Å². The molecule has 3 atom stereocenters. The van der Waals surface area contributed by atoms with Gasteiger partial charge >= 0.3 is 24.0 Å². The zero-order valence-corrected chi connectivity index (χ0v) is 24.7. The molecule has 5 rings (SSSR count). The van der Waals surface area contributed by atoms with E-state index in [0.717, 1.165) is 30.3 Å². The van der Waals surface area contributed by atoms with Gasteiger partial charge in [-0.3, -0.25) is 9.59 Å². The number of hydrogen-bond acceptors (Lipinski definition) is 5. The van der Waals surface area contributed by atoms with Crippen LogP contribution in [0.15, 0.2) is 47.4 Å². The maximum Gasteiger partial charge on any atom is 0.435 e. The summed E-state index contributed by atoms with van der Waals surface area (Å²) in [5.74, 6) is -4.49. The van der Waals surface area contributed by atoms with Crippen molar-refractivity contribution >= 4 is 21.7 Å². The number of fused-ring (bicyclic) bond motifs is 3. The molecule has 2 aromatic rings. The largest absolute Gasteiger partial charge is 0.481 e. The van der Waals surface area contributed by atoms with Gasteiger partial charge < -0.3 is 15.5 Å².